The van der Waals surface area contributed by atoms with E-state index in [1.807, 2.05) is 0 Å². The molecule has 1 saturated carbocycles. The van der Waals surface area contributed by atoms with Crippen LogP contribution in [0, 0.1) is 5.92 Å². The summed E-state index contributed by atoms with van der Waals surface area (Å²) in [7, 11) is -3.94. The standard InChI is InChI=1S/C6H12O5S2/c7-12(8)4-3-5-1-2-6(5)13(9,10)11/h5-6H,1-4H2,(H,7,8)(H,9,10,11). The summed E-state index contributed by atoms with van der Waals surface area (Å²) >= 11 is -1.87. The molecule has 2 N–H and O–H groups in total. The smallest absolute Gasteiger partial charge is 0.268 e. The lowest BCUT2D eigenvalue weighted by molar-refractivity contribution is 0.290. The molecular weight excluding hydrogens is 216 g/mol. The van der Waals surface area contributed by atoms with Crippen LogP contribution in [0.25, 0.3) is 0 Å². The molecule has 3 atom stereocenters. The van der Waals surface area contributed by atoms with E-state index in [1.165, 1.54) is 0 Å². The molecule has 78 valence electrons. The van der Waals surface area contributed by atoms with E-state index in [0.717, 1.165) is 0 Å². The van der Waals surface area contributed by atoms with Gasteiger partial charge in [-0.05, 0) is 25.2 Å². The van der Waals surface area contributed by atoms with Crippen LogP contribution in [-0.2, 0) is 21.2 Å². The lowest BCUT2D eigenvalue weighted by Crippen LogP contribution is -2.39. The Morgan fingerprint density at radius 2 is 2.00 bits per heavy atom. The Balaban J connectivity index is 2.42. The summed E-state index contributed by atoms with van der Waals surface area (Å²) < 4.78 is 48.8. The summed E-state index contributed by atoms with van der Waals surface area (Å²) in [6.45, 7) is 0. The van der Waals surface area contributed by atoms with Crippen LogP contribution in [-0.4, -0.2) is 32.7 Å². The van der Waals surface area contributed by atoms with Gasteiger partial charge in [0, 0.05) is 5.75 Å². The molecule has 0 bridgehead atoms. The van der Waals surface area contributed by atoms with Gasteiger partial charge in [-0.25, -0.2) is 4.21 Å². The molecule has 0 saturated heterocycles. The van der Waals surface area contributed by atoms with Crippen LogP contribution in [0.15, 0.2) is 0 Å². The molecule has 0 radical (unpaired) electrons. The van der Waals surface area contributed by atoms with Gasteiger partial charge in [0.1, 0.15) is 0 Å². The summed E-state index contributed by atoms with van der Waals surface area (Å²) in [4.78, 5) is 0. The maximum Gasteiger partial charge on any atom is 0.268 e. The van der Waals surface area contributed by atoms with Gasteiger partial charge in [0.2, 0.25) is 0 Å². The van der Waals surface area contributed by atoms with Crippen LogP contribution in [0.3, 0.4) is 0 Å². The van der Waals surface area contributed by atoms with Gasteiger partial charge in [0.25, 0.3) is 10.1 Å². The highest BCUT2D eigenvalue weighted by Crippen LogP contribution is 2.35. The second-order valence-electron chi connectivity index (χ2n) is 3.21. The molecule has 3 unspecified atom stereocenters. The normalized spacial score (nSPS) is 30.9. The Kier molecular flexibility index (Phi) is 3.44. The van der Waals surface area contributed by atoms with Gasteiger partial charge >= 0.3 is 0 Å². The minimum absolute atomic E-state index is 0.0800. The summed E-state index contributed by atoms with van der Waals surface area (Å²) in [5.41, 5.74) is 0. The van der Waals surface area contributed by atoms with Crippen molar-refractivity contribution in [2.24, 2.45) is 5.92 Å². The van der Waals surface area contributed by atoms with Crippen molar-refractivity contribution < 1.29 is 21.7 Å². The highest BCUT2D eigenvalue weighted by Gasteiger charge is 2.39. The zero-order valence-corrected chi connectivity index (χ0v) is 8.55. The fraction of sp³-hybridized carbons (Fsp3) is 1.00. The maximum atomic E-state index is 10.7. The Hall–Kier alpha value is 0.0200. The van der Waals surface area contributed by atoms with Gasteiger partial charge < -0.3 is 4.55 Å². The first-order valence-corrected chi connectivity index (χ1v) is 6.73. The van der Waals surface area contributed by atoms with Gasteiger partial charge in [-0.1, -0.05) is 0 Å². The first-order chi connectivity index (χ1) is 5.91. The molecular formula is C6H12O5S2. The first kappa shape index (κ1) is 11.1. The second-order valence-corrected chi connectivity index (χ2v) is 5.89. The third kappa shape index (κ3) is 3.01. The highest BCUT2D eigenvalue weighted by molar-refractivity contribution is 7.86. The van der Waals surface area contributed by atoms with Crippen molar-refractivity contribution in [3.05, 3.63) is 0 Å². The minimum atomic E-state index is -3.94. The molecule has 7 heteroatoms. The first-order valence-electron chi connectivity index (χ1n) is 3.95. The van der Waals surface area contributed by atoms with Crippen molar-refractivity contribution in [2.45, 2.75) is 24.5 Å². The molecule has 0 aromatic carbocycles. The van der Waals surface area contributed by atoms with Gasteiger partial charge in [0.15, 0.2) is 11.1 Å². The Morgan fingerprint density at radius 3 is 2.31 bits per heavy atom. The van der Waals surface area contributed by atoms with Crippen LogP contribution in [0.5, 0.6) is 0 Å². The van der Waals surface area contributed by atoms with E-state index in [9.17, 15) is 12.6 Å². The summed E-state index contributed by atoms with van der Waals surface area (Å²) in [5, 5.41) is -0.712. The van der Waals surface area contributed by atoms with Crippen LogP contribution in [0.4, 0.5) is 0 Å². The van der Waals surface area contributed by atoms with Crippen molar-refractivity contribution in [3.8, 4) is 0 Å². The molecule has 1 aliphatic carbocycles. The molecule has 1 aliphatic rings. The quantitative estimate of drug-likeness (QED) is 0.532. The maximum absolute atomic E-state index is 10.7. The fourth-order valence-corrected chi connectivity index (χ4v) is 3.21. The predicted octanol–water partition coefficient (Wildman–Crippen LogP) is 0.265. The number of rotatable bonds is 4. The Labute approximate surface area is 79.6 Å². The zero-order chi connectivity index (χ0) is 10.1. The van der Waals surface area contributed by atoms with Crippen LogP contribution in [0.2, 0.25) is 0 Å². The molecule has 0 aromatic heterocycles. The van der Waals surface area contributed by atoms with E-state index in [2.05, 4.69) is 0 Å². The number of hydrogen-bond donors (Lipinski definition) is 2. The van der Waals surface area contributed by atoms with Crippen LogP contribution < -0.4 is 0 Å². The molecule has 0 spiro atoms. The van der Waals surface area contributed by atoms with Crippen molar-refractivity contribution in [1.82, 2.24) is 0 Å². The third-order valence-electron chi connectivity index (χ3n) is 2.39. The van der Waals surface area contributed by atoms with Crippen molar-refractivity contribution >= 4 is 21.2 Å². The van der Waals surface area contributed by atoms with E-state index in [1.54, 1.807) is 0 Å². The van der Waals surface area contributed by atoms with Crippen LogP contribution in [0.1, 0.15) is 19.3 Å². The largest absolute Gasteiger partial charge is 0.306 e. The minimum Gasteiger partial charge on any atom is -0.306 e. The van der Waals surface area contributed by atoms with Crippen molar-refractivity contribution in [1.29, 1.82) is 0 Å². The highest BCUT2D eigenvalue weighted by atomic mass is 32.2. The zero-order valence-electron chi connectivity index (χ0n) is 6.92. The Morgan fingerprint density at radius 1 is 1.38 bits per heavy atom. The molecule has 0 aromatic rings. The average molecular weight is 228 g/mol. The summed E-state index contributed by atoms with van der Waals surface area (Å²) in [6, 6.07) is 0. The molecule has 0 heterocycles. The third-order valence-corrected chi connectivity index (χ3v) is 4.36. The van der Waals surface area contributed by atoms with Crippen LogP contribution >= 0.6 is 0 Å². The van der Waals surface area contributed by atoms with Gasteiger partial charge in [-0.3, -0.25) is 4.55 Å². The fourth-order valence-electron chi connectivity index (χ4n) is 1.51. The van der Waals surface area contributed by atoms with E-state index < -0.39 is 26.4 Å². The topological polar surface area (TPSA) is 91.7 Å². The molecule has 13 heavy (non-hydrogen) atoms. The van der Waals surface area contributed by atoms with Gasteiger partial charge in [-0.2, -0.15) is 8.42 Å². The predicted molar refractivity (Wildman–Crippen MR) is 48.3 cm³/mol. The molecule has 1 rings (SSSR count). The van der Waals surface area contributed by atoms with E-state index in [-0.39, 0.29) is 11.7 Å². The van der Waals surface area contributed by atoms with E-state index in [4.69, 9.17) is 9.11 Å². The molecule has 1 fully saturated rings. The summed E-state index contributed by atoms with van der Waals surface area (Å²) in [6.07, 6.45) is 1.55. The second kappa shape index (κ2) is 4.04. The molecule has 0 aliphatic heterocycles. The van der Waals surface area contributed by atoms with Crippen molar-refractivity contribution in [2.75, 3.05) is 5.75 Å². The molecule has 0 amide bonds. The average Bonchev–Trinajstić information content (AvgIpc) is 1.79. The van der Waals surface area contributed by atoms with Gasteiger partial charge in [0.05, 0.1) is 5.25 Å². The molecule has 5 nitrogen and oxygen atoms in total. The Bertz CT molecular complexity index is 296. The van der Waals surface area contributed by atoms with Gasteiger partial charge in [-0.15, -0.1) is 0 Å². The lowest BCUT2D eigenvalue weighted by atomic mass is 9.83. The SMILES string of the molecule is O=S(O)CCC1CCC1S(=O)(=O)O. The lowest BCUT2D eigenvalue weighted by Gasteiger charge is -2.33. The van der Waals surface area contributed by atoms with E-state index >= 15 is 0 Å². The monoisotopic (exact) mass is 228 g/mol. The number of hydrogen-bond acceptors (Lipinski definition) is 3. The van der Waals surface area contributed by atoms with Crippen molar-refractivity contribution in [3.63, 3.8) is 0 Å². The summed E-state index contributed by atoms with van der Waals surface area (Å²) in [5.74, 6) is -0.0671. The van der Waals surface area contributed by atoms with E-state index in [0.29, 0.717) is 19.3 Å².